The molecule has 0 aromatic heterocycles. The van der Waals surface area contributed by atoms with Crippen LogP contribution in [-0.2, 0) is 0 Å². The van der Waals surface area contributed by atoms with Gasteiger partial charge >= 0.3 is 0 Å². The highest BCUT2D eigenvalue weighted by atomic mass is 79.9. The molecule has 1 fully saturated rings. The van der Waals surface area contributed by atoms with E-state index >= 15 is 0 Å². The fraction of sp³-hybridized carbons (Fsp3) is 0.500. The molecule has 0 aliphatic heterocycles. The molecule has 1 aromatic carbocycles. The Balaban J connectivity index is 1.94. The van der Waals surface area contributed by atoms with E-state index in [1.807, 2.05) is 0 Å². The number of nitrogens with one attached hydrogen (secondary N) is 1. The summed E-state index contributed by atoms with van der Waals surface area (Å²) >= 11 is 3.44. The first-order chi connectivity index (χ1) is 7.29. The van der Waals surface area contributed by atoms with Crippen LogP contribution in [0.5, 0.6) is 0 Å². The Morgan fingerprint density at radius 2 is 2.00 bits per heavy atom. The zero-order valence-electron chi connectivity index (χ0n) is 8.75. The number of hydrogen-bond acceptors (Lipinski definition) is 2. The van der Waals surface area contributed by atoms with E-state index in [1.165, 1.54) is 24.8 Å². The fourth-order valence-corrected chi connectivity index (χ4v) is 2.11. The largest absolute Gasteiger partial charge is 0.271 e. The average molecular weight is 269 g/mol. The van der Waals surface area contributed by atoms with Crippen molar-refractivity contribution >= 4 is 15.9 Å². The van der Waals surface area contributed by atoms with Crippen molar-refractivity contribution < 1.29 is 0 Å². The molecule has 1 aromatic rings. The Hall–Kier alpha value is -0.380. The van der Waals surface area contributed by atoms with Crippen LogP contribution in [0.15, 0.2) is 28.7 Å². The maximum atomic E-state index is 5.59. The second-order valence-electron chi connectivity index (χ2n) is 4.29. The molecule has 82 valence electrons. The molecule has 0 saturated heterocycles. The van der Waals surface area contributed by atoms with Crippen molar-refractivity contribution in [1.82, 2.24) is 5.43 Å². The highest BCUT2D eigenvalue weighted by molar-refractivity contribution is 9.10. The number of hydrazine groups is 1. The molecule has 2 rings (SSSR count). The molecule has 15 heavy (non-hydrogen) atoms. The van der Waals surface area contributed by atoms with E-state index in [0.717, 1.165) is 16.8 Å². The third kappa shape index (κ3) is 3.30. The summed E-state index contributed by atoms with van der Waals surface area (Å²) in [6.07, 6.45) is 5.27. The molecule has 1 aliphatic rings. The second-order valence-corrected chi connectivity index (χ2v) is 5.21. The molecule has 1 aliphatic carbocycles. The standard InChI is InChI=1S/C12H17BrN2/c13-11-6-4-10(5-7-11)12(15-14)8-3-9-1-2-9/h4-7,9,12,15H,1-3,8,14H2. The molecule has 3 heteroatoms. The quantitative estimate of drug-likeness (QED) is 0.636. The topological polar surface area (TPSA) is 38.0 Å². The minimum Gasteiger partial charge on any atom is -0.271 e. The molecular weight excluding hydrogens is 252 g/mol. The highest BCUT2D eigenvalue weighted by Gasteiger charge is 2.22. The lowest BCUT2D eigenvalue weighted by molar-refractivity contribution is 0.482. The summed E-state index contributed by atoms with van der Waals surface area (Å²) in [6, 6.07) is 8.69. The summed E-state index contributed by atoms with van der Waals surface area (Å²) in [6.45, 7) is 0. The number of benzene rings is 1. The van der Waals surface area contributed by atoms with Gasteiger partial charge in [-0.15, -0.1) is 0 Å². The van der Waals surface area contributed by atoms with Gasteiger partial charge in [0.1, 0.15) is 0 Å². The van der Waals surface area contributed by atoms with Gasteiger partial charge in [0, 0.05) is 10.5 Å². The molecule has 0 radical (unpaired) electrons. The first-order valence-corrected chi connectivity index (χ1v) is 6.30. The first kappa shape index (κ1) is 11.1. The zero-order chi connectivity index (χ0) is 10.7. The van der Waals surface area contributed by atoms with Crippen molar-refractivity contribution in [3.63, 3.8) is 0 Å². The normalized spacial score (nSPS) is 17.7. The summed E-state index contributed by atoms with van der Waals surface area (Å²) in [4.78, 5) is 0. The van der Waals surface area contributed by atoms with Gasteiger partial charge in [0.25, 0.3) is 0 Å². The Morgan fingerprint density at radius 3 is 2.53 bits per heavy atom. The van der Waals surface area contributed by atoms with Crippen LogP contribution in [0.2, 0.25) is 0 Å². The van der Waals surface area contributed by atoms with E-state index in [-0.39, 0.29) is 0 Å². The van der Waals surface area contributed by atoms with Crippen LogP contribution in [0, 0.1) is 5.92 Å². The van der Waals surface area contributed by atoms with Crippen LogP contribution in [0.25, 0.3) is 0 Å². The van der Waals surface area contributed by atoms with Gasteiger partial charge in [-0.25, -0.2) is 0 Å². The Morgan fingerprint density at radius 1 is 1.33 bits per heavy atom. The molecule has 0 spiro atoms. The van der Waals surface area contributed by atoms with Gasteiger partial charge < -0.3 is 0 Å². The summed E-state index contributed by atoms with van der Waals surface area (Å²) in [5, 5.41) is 0. The second kappa shape index (κ2) is 5.10. The van der Waals surface area contributed by atoms with Gasteiger partial charge in [0.05, 0.1) is 0 Å². The van der Waals surface area contributed by atoms with E-state index in [0.29, 0.717) is 6.04 Å². The van der Waals surface area contributed by atoms with Crippen LogP contribution in [-0.4, -0.2) is 0 Å². The van der Waals surface area contributed by atoms with Crippen molar-refractivity contribution in [1.29, 1.82) is 0 Å². The zero-order valence-corrected chi connectivity index (χ0v) is 10.3. The summed E-state index contributed by atoms with van der Waals surface area (Å²) in [5.41, 5.74) is 4.18. The molecule has 1 saturated carbocycles. The summed E-state index contributed by atoms with van der Waals surface area (Å²) < 4.78 is 1.12. The van der Waals surface area contributed by atoms with E-state index in [2.05, 4.69) is 45.6 Å². The minimum absolute atomic E-state index is 0.304. The summed E-state index contributed by atoms with van der Waals surface area (Å²) in [7, 11) is 0. The van der Waals surface area contributed by atoms with Crippen LogP contribution in [0.3, 0.4) is 0 Å². The molecule has 0 heterocycles. The van der Waals surface area contributed by atoms with Crippen LogP contribution in [0.4, 0.5) is 0 Å². The molecule has 2 nitrogen and oxygen atoms in total. The molecule has 0 amide bonds. The lowest BCUT2D eigenvalue weighted by Crippen LogP contribution is -2.28. The smallest absolute Gasteiger partial charge is 0.0460 e. The van der Waals surface area contributed by atoms with Gasteiger partial charge in [-0.3, -0.25) is 11.3 Å². The number of nitrogens with two attached hydrogens (primary N) is 1. The Bertz CT molecular complexity index is 306. The first-order valence-electron chi connectivity index (χ1n) is 5.51. The number of hydrogen-bond donors (Lipinski definition) is 2. The van der Waals surface area contributed by atoms with Crippen molar-refractivity contribution in [2.45, 2.75) is 31.7 Å². The van der Waals surface area contributed by atoms with Crippen molar-refractivity contribution in [3.8, 4) is 0 Å². The molecular formula is C12H17BrN2. The van der Waals surface area contributed by atoms with Gasteiger partial charge in [0.2, 0.25) is 0 Å². The lowest BCUT2D eigenvalue weighted by atomic mass is 10.0. The van der Waals surface area contributed by atoms with Gasteiger partial charge in [0.15, 0.2) is 0 Å². The lowest BCUT2D eigenvalue weighted by Gasteiger charge is -2.16. The van der Waals surface area contributed by atoms with Gasteiger partial charge in [-0.2, -0.15) is 0 Å². The molecule has 0 bridgehead atoms. The monoisotopic (exact) mass is 268 g/mol. The van der Waals surface area contributed by atoms with Gasteiger partial charge in [-0.05, 0) is 36.5 Å². The third-order valence-corrected chi connectivity index (χ3v) is 3.56. The predicted octanol–water partition coefficient (Wildman–Crippen LogP) is 3.14. The molecule has 1 atom stereocenters. The van der Waals surface area contributed by atoms with E-state index in [1.54, 1.807) is 0 Å². The van der Waals surface area contributed by atoms with Gasteiger partial charge in [-0.1, -0.05) is 40.9 Å². The molecule has 3 N–H and O–H groups in total. The predicted molar refractivity (Wildman–Crippen MR) is 66.2 cm³/mol. The summed E-state index contributed by atoms with van der Waals surface area (Å²) in [5.74, 6) is 6.56. The van der Waals surface area contributed by atoms with Crippen LogP contribution >= 0.6 is 15.9 Å². The Kier molecular flexibility index (Phi) is 3.78. The Labute approximate surface area is 99.3 Å². The van der Waals surface area contributed by atoms with Crippen molar-refractivity contribution in [2.24, 2.45) is 11.8 Å². The van der Waals surface area contributed by atoms with E-state index in [4.69, 9.17) is 5.84 Å². The van der Waals surface area contributed by atoms with E-state index < -0.39 is 0 Å². The highest BCUT2D eigenvalue weighted by Crippen LogP contribution is 2.35. The van der Waals surface area contributed by atoms with Crippen LogP contribution in [0.1, 0.15) is 37.3 Å². The maximum absolute atomic E-state index is 5.59. The third-order valence-electron chi connectivity index (χ3n) is 3.03. The molecule has 1 unspecified atom stereocenters. The SMILES string of the molecule is NNC(CCC1CC1)c1ccc(Br)cc1. The maximum Gasteiger partial charge on any atom is 0.0460 e. The number of rotatable bonds is 5. The number of halogens is 1. The average Bonchev–Trinajstić information content (AvgIpc) is 3.05. The van der Waals surface area contributed by atoms with Crippen LogP contribution < -0.4 is 11.3 Å². The minimum atomic E-state index is 0.304. The van der Waals surface area contributed by atoms with E-state index in [9.17, 15) is 0 Å². The van der Waals surface area contributed by atoms with Crippen molar-refractivity contribution in [2.75, 3.05) is 0 Å². The fourth-order valence-electron chi connectivity index (χ4n) is 1.85. The van der Waals surface area contributed by atoms with Crippen molar-refractivity contribution in [3.05, 3.63) is 34.3 Å².